The number of ether oxygens (including phenoxy) is 1. The molecule has 0 heterocycles. The number of phenols is 1. The van der Waals surface area contributed by atoms with E-state index in [1.165, 1.54) is 19.2 Å². The van der Waals surface area contributed by atoms with Crippen LogP contribution in [0.2, 0.25) is 0 Å². The second-order valence-corrected chi connectivity index (χ2v) is 3.49. The predicted octanol–water partition coefficient (Wildman–Crippen LogP) is 0.352. The molecule has 6 nitrogen and oxygen atoms in total. The number of hydrogen-bond acceptors (Lipinski definition) is 5. The molecule has 0 saturated heterocycles. The molecule has 1 aromatic carbocycles. The van der Waals surface area contributed by atoms with Gasteiger partial charge in [0.25, 0.3) is 0 Å². The van der Waals surface area contributed by atoms with Gasteiger partial charge in [0, 0.05) is 18.2 Å². The van der Waals surface area contributed by atoms with Crippen molar-refractivity contribution in [2.45, 2.75) is 6.10 Å². The second kappa shape index (κ2) is 5.51. The van der Waals surface area contributed by atoms with Crippen LogP contribution in [0.15, 0.2) is 12.1 Å². The Morgan fingerprint density at radius 3 is 2.65 bits per heavy atom. The summed E-state index contributed by atoms with van der Waals surface area (Å²) in [5.41, 5.74) is 0.0491. The highest BCUT2D eigenvalue weighted by Crippen LogP contribution is 2.32. The summed E-state index contributed by atoms with van der Waals surface area (Å²) in [4.78, 5) is 10.9. The number of hydrogen-bond donors (Lipinski definition) is 4. The van der Waals surface area contributed by atoms with Crippen LogP contribution in [0.5, 0.6) is 11.5 Å². The first-order chi connectivity index (χ1) is 8.01. The number of carboxylic acids is 1. The Hall–Kier alpha value is -1.79. The van der Waals surface area contributed by atoms with E-state index in [0.29, 0.717) is 5.56 Å². The molecule has 4 N–H and O–H groups in total. The molecule has 0 aliphatic carbocycles. The smallest absolute Gasteiger partial charge is 0.339 e. The van der Waals surface area contributed by atoms with Crippen LogP contribution in [-0.4, -0.2) is 42.0 Å². The maximum Gasteiger partial charge on any atom is 0.339 e. The number of likely N-dealkylation sites (N-methyl/N-ethyl adjacent to an activating group) is 1. The summed E-state index contributed by atoms with van der Waals surface area (Å²) < 4.78 is 4.99. The van der Waals surface area contributed by atoms with Gasteiger partial charge in [0.2, 0.25) is 0 Å². The van der Waals surface area contributed by atoms with Crippen LogP contribution in [0.3, 0.4) is 0 Å². The Balaban J connectivity index is 3.26. The van der Waals surface area contributed by atoms with Gasteiger partial charge in [0.05, 0.1) is 13.2 Å². The first-order valence-corrected chi connectivity index (χ1v) is 4.98. The molecule has 1 unspecified atom stereocenters. The molecule has 1 atom stereocenters. The lowest BCUT2D eigenvalue weighted by molar-refractivity contribution is 0.0693. The topological polar surface area (TPSA) is 99.0 Å². The third-order valence-corrected chi connectivity index (χ3v) is 2.33. The Kier molecular flexibility index (Phi) is 4.30. The number of aromatic hydroxyl groups is 1. The average molecular weight is 241 g/mol. The lowest BCUT2D eigenvalue weighted by Crippen LogP contribution is -2.17. The lowest BCUT2D eigenvalue weighted by Gasteiger charge is -2.15. The molecule has 1 rings (SSSR count). The fraction of sp³-hybridized carbons (Fsp3) is 0.364. The van der Waals surface area contributed by atoms with Gasteiger partial charge in [0.1, 0.15) is 17.1 Å². The summed E-state index contributed by atoms with van der Waals surface area (Å²) in [7, 11) is 3.04. The minimum Gasteiger partial charge on any atom is -0.507 e. The largest absolute Gasteiger partial charge is 0.507 e. The molecule has 0 amide bonds. The van der Waals surface area contributed by atoms with Gasteiger partial charge in [-0.1, -0.05) is 0 Å². The van der Waals surface area contributed by atoms with Crippen molar-refractivity contribution >= 4 is 5.97 Å². The van der Waals surface area contributed by atoms with E-state index in [2.05, 4.69) is 5.32 Å². The molecule has 0 bridgehead atoms. The number of carbonyl (C=O) groups is 1. The third kappa shape index (κ3) is 2.86. The summed E-state index contributed by atoms with van der Waals surface area (Å²) in [5, 5.41) is 30.9. The molecule has 94 valence electrons. The van der Waals surface area contributed by atoms with Crippen molar-refractivity contribution in [1.29, 1.82) is 0 Å². The number of methoxy groups -OCH3 is 1. The van der Waals surface area contributed by atoms with Gasteiger partial charge in [-0.25, -0.2) is 4.79 Å². The first-order valence-electron chi connectivity index (χ1n) is 4.98. The van der Waals surface area contributed by atoms with Crippen LogP contribution < -0.4 is 10.1 Å². The quantitative estimate of drug-likeness (QED) is 0.593. The molecule has 0 saturated carbocycles. The number of benzene rings is 1. The van der Waals surface area contributed by atoms with Crippen LogP contribution in [0.25, 0.3) is 0 Å². The maximum absolute atomic E-state index is 10.9. The molecule has 0 spiro atoms. The average Bonchev–Trinajstić information content (AvgIpc) is 2.28. The molecule has 17 heavy (non-hydrogen) atoms. The van der Waals surface area contributed by atoms with E-state index in [4.69, 9.17) is 9.84 Å². The van der Waals surface area contributed by atoms with Crippen molar-refractivity contribution in [3.8, 4) is 11.5 Å². The van der Waals surface area contributed by atoms with Gasteiger partial charge in [0.15, 0.2) is 0 Å². The lowest BCUT2D eigenvalue weighted by atomic mass is 10.0. The molecule has 0 radical (unpaired) electrons. The number of nitrogens with one attached hydrogen (secondary N) is 1. The second-order valence-electron chi connectivity index (χ2n) is 3.49. The molecule has 0 aromatic heterocycles. The summed E-state index contributed by atoms with van der Waals surface area (Å²) >= 11 is 0. The van der Waals surface area contributed by atoms with Gasteiger partial charge < -0.3 is 25.4 Å². The molecule has 0 aliphatic heterocycles. The molecule has 0 aliphatic rings. The van der Waals surface area contributed by atoms with E-state index in [0.717, 1.165) is 0 Å². The standard InChI is InChI=1S/C11H15NO5/c1-12-5-9(14)6-3-7(11(15)16)8(13)4-10(6)17-2/h3-4,9,12-14H,5H2,1-2H3,(H,15,16). The number of aliphatic hydroxyl groups excluding tert-OH is 1. The zero-order chi connectivity index (χ0) is 13.0. The van der Waals surface area contributed by atoms with Crippen LogP contribution in [0, 0.1) is 0 Å². The summed E-state index contributed by atoms with van der Waals surface area (Å²) in [6.07, 6.45) is -0.909. The van der Waals surface area contributed by atoms with Crippen molar-refractivity contribution in [2.75, 3.05) is 20.7 Å². The maximum atomic E-state index is 10.9. The van der Waals surface area contributed by atoms with E-state index < -0.39 is 17.8 Å². The van der Waals surface area contributed by atoms with Crippen molar-refractivity contribution < 1.29 is 24.9 Å². The van der Waals surface area contributed by atoms with Crippen LogP contribution >= 0.6 is 0 Å². The van der Waals surface area contributed by atoms with E-state index in [1.807, 2.05) is 0 Å². The third-order valence-electron chi connectivity index (χ3n) is 2.33. The van der Waals surface area contributed by atoms with Crippen LogP contribution in [-0.2, 0) is 0 Å². The minimum atomic E-state index is -1.26. The molecule has 0 fully saturated rings. The van der Waals surface area contributed by atoms with Gasteiger partial charge in [-0.2, -0.15) is 0 Å². The highest BCUT2D eigenvalue weighted by molar-refractivity contribution is 5.91. The number of aliphatic hydroxyl groups is 1. The highest BCUT2D eigenvalue weighted by atomic mass is 16.5. The van der Waals surface area contributed by atoms with E-state index in [9.17, 15) is 15.0 Å². The van der Waals surface area contributed by atoms with Gasteiger partial charge in [-0.05, 0) is 13.1 Å². The Morgan fingerprint density at radius 1 is 1.53 bits per heavy atom. The Bertz CT molecular complexity index is 419. The minimum absolute atomic E-state index is 0.246. The highest BCUT2D eigenvalue weighted by Gasteiger charge is 2.19. The summed E-state index contributed by atoms with van der Waals surface area (Å²) in [6, 6.07) is 2.39. The molecular weight excluding hydrogens is 226 g/mol. The molecule has 1 aromatic rings. The number of rotatable bonds is 5. The SMILES string of the molecule is CNCC(O)c1cc(C(=O)O)c(O)cc1OC. The first kappa shape index (κ1) is 13.3. The zero-order valence-electron chi connectivity index (χ0n) is 9.60. The number of carboxylic acid groups (broad SMARTS) is 1. The zero-order valence-corrected chi connectivity index (χ0v) is 9.60. The normalized spacial score (nSPS) is 12.2. The van der Waals surface area contributed by atoms with Gasteiger partial charge in [-0.15, -0.1) is 0 Å². The summed E-state index contributed by atoms with van der Waals surface area (Å²) in [5.74, 6) is -1.41. The molecule has 6 heteroatoms. The fourth-order valence-electron chi connectivity index (χ4n) is 1.50. The van der Waals surface area contributed by atoms with Crippen molar-refractivity contribution in [3.05, 3.63) is 23.3 Å². The van der Waals surface area contributed by atoms with Crippen molar-refractivity contribution in [1.82, 2.24) is 5.32 Å². The van der Waals surface area contributed by atoms with Crippen LogP contribution in [0.4, 0.5) is 0 Å². The predicted molar refractivity (Wildman–Crippen MR) is 60.5 cm³/mol. The van der Waals surface area contributed by atoms with E-state index in [-0.39, 0.29) is 17.9 Å². The van der Waals surface area contributed by atoms with Crippen LogP contribution in [0.1, 0.15) is 22.0 Å². The number of aromatic carboxylic acids is 1. The van der Waals surface area contributed by atoms with Gasteiger partial charge >= 0.3 is 5.97 Å². The monoisotopic (exact) mass is 241 g/mol. The van der Waals surface area contributed by atoms with Gasteiger partial charge in [-0.3, -0.25) is 0 Å². The van der Waals surface area contributed by atoms with E-state index in [1.54, 1.807) is 7.05 Å². The Labute approximate surface area is 98.5 Å². The fourth-order valence-corrected chi connectivity index (χ4v) is 1.50. The van der Waals surface area contributed by atoms with Crippen molar-refractivity contribution in [2.24, 2.45) is 0 Å². The molecular formula is C11H15NO5. The summed E-state index contributed by atoms with van der Waals surface area (Å²) in [6.45, 7) is 0.250. The Morgan fingerprint density at radius 2 is 2.18 bits per heavy atom. The van der Waals surface area contributed by atoms with E-state index >= 15 is 0 Å². The van der Waals surface area contributed by atoms with Crippen molar-refractivity contribution in [3.63, 3.8) is 0 Å².